The molecule has 0 saturated carbocycles. The van der Waals surface area contributed by atoms with Gasteiger partial charge in [0.05, 0.1) is 22.1 Å². The molecule has 0 spiro atoms. The second kappa shape index (κ2) is 7.14. The summed E-state index contributed by atoms with van der Waals surface area (Å²) in [4.78, 5) is 14.7. The number of piperidine rings is 1. The standard InChI is InChI=1S/C19H22ClN3O/c1-13-5-7-14(8-6-13)19(24)22-17-12-18(16(21)11-15(17)20)23-9-3-2-4-10-23/h5-8,11-12H,2-4,9-10,21H2,1H3,(H,22,24). The largest absolute Gasteiger partial charge is 0.397 e. The number of anilines is 3. The zero-order valence-electron chi connectivity index (χ0n) is 13.8. The number of benzene rings is 2. The van der Waals surface area contributed by atoms with E-state index in [4.69, 9.17) is 17.3 Å². The first-order valence-corrected chi connectivity index (χ1v) is 8.64. The lowest BCUT2D eigenvalue weighted by Gasteiger charge is -2.30. The maximum atomic E-state index is 12.4. The van der Waals surface area contributed by atoms with Crippen LogP contribution >= 0.6 is 11.6 Å². The fourth-order valence-electron chi connectivity index (χ4n) is 2.98. The molecule has 1 heterocycles. The average molecular weight is 344 g/mol. The van der Waals surface area contributed by atoms with Gasteiger partial charge in [0.2, 0.25) is 0 Å². The van der Waals surface area contributed by atoms with Crippen molar-refractivity contribution in [3.05, 3.63) is 52.5 Å². The van der Waals surface area contributed by atoms with Crippen LogP contribution in [0.25, 0.3) is 0 Å². The molecule has 1 fully saturated rings. The highest BCUT2D eigenvalue weighted by Gasteiger charge is 2.17. The van der Waals surface area contributed by atoms with Crippen molar-refractivity contribution < 1.29 is 4.79 Å². The molecule has 1 aliphatic rings. The Hall–Kier alpha value is -2.20. The molecule has 4 nitrogen and oxygen atoms in total. The predicted octanol–water partition coefficient (Wildman–Crippen LogP) is 4.47. The van der Waals surface area contributed by atoms with Crippen LogP contribution in [0.15, 0.2) is 36.4 Å². The number of nitrogens with two attached hydrogens (primary N) is 1. The van der Waals surface area contributed by atoms with Crippen molar-refractivity contribution in [1.29, 1.82) is 0 Å². The van der Waals surface area contributed by atoms with E-state index in [9.17, 15) is 4.79 Å². The summed E-state index contributed by atoms with van der Waals surface area (Å²) in [5.74, 6) is -0.175. The number of halogens is 1. The molecule has 5 heteroatoms. The Kier molecular flexibility index (Phi) is 4.95. The minimum atomic E-state index is -0.175. The quantitative estimate of drug-likeness (QED) is 0.808. The maximum Gasteiger partial charge on any atom is 0.255 e. The van der Waals surface area contributed by atoms with Crippen LogP contribution in [0.4, 0.5) is 17.1 Å². The number of hydrogen-bond acceptors (Lipinski definition) is 3. The van der Waals surface area contributed by atoms with E-state index in [0.29, 0.717) is 22.0 Å². The third kappa shape index (κ3) is 3.65. The highest BCUT2D eigenvalue weighted by atomic mass is 35.5. The van der Waals surface area contributed by atoms with E-state index in [2.05, 4.69) is 10.2 Å². The van der Waals surface area contributed by atoms with Crippen molar-refractivity contribution in [3.63, 3.8) is 0 Å². The number of nitrogen functional groups attached to an aromatic ring is 1. The van der Waals surface area contributed by atoms with Crippen LogP contribution in [0, 0.1) is 6.92 Å². The van der Waals surface area contributed by atoms with Gasteiger partial charge < -0.3 is 16.0 Å². The van der Waals surface area contributed by atoms with Crippen LogP contribution in [-0.2, 0) is 0 Å². The monoisotopic (exact) mass is 343 g/mol. The number of carbonyl (C=O) groups excluding carboxylic acids is 1. The van der Waals surface area contributed by atoms with Gasteiger partial charge in [-0.3, -0.25) is 4.79 Å². The molecule has 1 aliphatic heterocycles. The van der Waals surface area contributed by atoms with Gasteiger partial charge in [-0.05, 0) is 50.5 Å². The molecule has 1 saturated heterocycles. The first-order chi connectivity index (χ1) is 11.5. The number of amides is 1. The summed E-state index contributed by atoms with van der Waals surface area (Å²) in [7, 11) is 0. The Labute approximate surface area is 147 Å². The van der Waals surface area contributed by atoms with E-state index in [1.165, 1.54) is 6.42 Å². The van der Waals surface area contributed by atoms with Crippen molar-refractivity contribution in [2.45, 2.75) is 26.2 Å². The molecular formula is C19H22ClN3O. The molecule has 126 valence electrons. The van der Waals surface area contributed by atoms with Crippen molar-refractivity contribution in [2.24, 2.45) is 0 Å². The van der Waals surface area contributed by atoms with E-state index in [1.807, 2.05) is 25.1 Å². The number of aryl methyl sites for hydroxylation is 1. The molecule has 2 aromatic carbocycles. The SMILES string of the molecule is Cc1ccc(C(=O)Nc2cc(N3CCCCC3)c(N)cc2Cl)cc1. The van der Waals surface area contributed by atoms with Gasteiger partial charge in [-0.2, -0.15) is 0 Å². The van der Waals surface area contributed by atoms with E-state index in [0.717, 1.165) is 37.2 Å². The lowest BCUT2D eigenvalue weighted by molar-refractivity contribution is 0.102. The average Bonchev–Trinajstić information content (AvgIpc) is 2.58. The van der Waals surface area contributed by atoms with Crippen LogP contribution in [-0.4, -0.2) is 19.0 Å². The molecule has 0 atom stereocenters. The summed E-state index contributed by atoms with van der Waals surface area (Å²) in [6.07, 6.45) is 3.57. The smallest absolute Gasteiger partial charge is 0.255 e. The second-order valence-electron chi connectivity index (χ2n) is 6.26. The molecule has 0 bridgehead atoms. The fraction of sp³-hybridized carbons (Fsp3) is 0.316. The van der Waals surface area contributed by atoms with Gasteiger partial charge in [-0.1, -0.05) is 29.3 Å². The summed E-state index contributed by atoms with van der Waals surface area (Å²) in [6, 6.07) is 11.0. The molecule has 1 amide bonds. The van der Waals surface area contributed by atoms with E-state index >= 15 is 0 Å². The van der Waals surface area contributed by atoms with Gasteiger partial charge >= 0.3 is 0 Å². The lowest BCUT2D eigenvalue weighted by atomic mass is 10.1. The topological polar surface area (TPSA) is 58.4 Å². The van der Waals surface area contributed by atoms with Gasteiger partial charge in [0, 0.05) is 18.7 Å². The normalized spacial score (nSPS) is 14.5. The molecule has 0 radical (unpaired) electrons. The molecule has 3 N–H and O–H groups in total. The fourth-order valence-corrected chi connectivity index (χ4v) is 3.20. The summed E-state index contributed by atoms with van der Waals surface area (Å²) in [5, 5.41) is 3.35. The highest BCUT2D eigenvalue weighted by molar-refractivity contribution is 6.34. The summed E-state index contributed by atoms with van der Waals surface area (Å²) < 4.78 is 0. The van der Waals surface area contributed by atoms with Gasteiger partial charge in [-0.25, -0.2) is 0 Å². The second-order valence-corrected chi connectivity index (χ2v) is 6.67. The van der Waals surface area contributed by atoms with E-state index in [1.54, 1.807) is 18.2 Å². The van der Waals surface area contributed by atoms with Crippen molar-refractivity contribution in [2.75, 3.05) is 29.0 Å². The Balaban J connectivity index is 1.84. The Morgan fingerprint density at radius 3 is 2.46 bits per heavy atom. The molecule has 3 rings (SSSR count). The first kappa shape index (κ1) is 16.7. The number of nitrogens with zero attached hydrogens (tertiary/aromatic N) is 1. The Morgan fingerprint density at radius 1 is 1.12 bits per heavy atom. The van der Waals surface area contributed by atoms with Crippen LogP contribution in [0.1, 0.15) is 35.2 Å². The number of hydrogen-bond donors (Lipinski definition) is 2. The van der Waals surface area contributed by atoms with E-state index < -0.39 is 0 Å². The zero-order chi connectivity index (χ0) is 17.1. The van der Waals surface area contributed by atoms with Crippen LogP contribution in [0.2, 0.25) is 5.02 Å². The number of carbonyl (C=O) groups is 1. The first-order valence-electron chi connectivity index (χ1n) is 8.26. The molecule has 0 aromatic heterocycles. The molecule has 24 heavy (non-hydrogen) atoms. The van der Waals surface area contributed by atoms with E-state index in [-0.39, 0.29) is 5.91 Å². The van der Waals surface area contributed by atoms with Gasteiger partial charge in [0.25, 0.3) is 5.91 Å². The Bertz CT molecular complexity index is 737. The van der Waals surface area contributed by atoms with Gasteiger partial charge in [-0.15, -0.1) is 0 Å². The molecule has 2 aromatic rings. The molecular weight excluding hydrogens is 322 g/mol. The molecule has 0 unspecified atom stereocenters. The van der Waals surface area contributed by atoms with Crippen molar-refractivity contribution in [3.8, 4) is 0 Å². The summed E-state index contributed by atoms with van der Waals surface area (Å²) in [6.45, 7) is 3.96. The van der Waals surface area contributed by atoms with Crippen molar-refractivity contribution in [1.82, 2.24) is 0 Å². The maximum absolute atomic E-state index is 12.4. The third-order valence-corrected chi connectivity index (χ3v) is 4.69. The Morgan fingerprint density at radius 2 is 1.79 bits per heavy atom. The molecule has 0 aliphatic carbocycles. The third-order valence-electron chi connectivity index (χ3n) is 4.38. The number of nitrogens with one attached hydrogen (secondary N) is 1. The van der Waals surface area contributed by atoms with Crippen LogP contribution in [0.3, 0.4) is 0 Å². The predicted molar refractivity (Wildman–Crippen MR) is 101 cm³/mol. The van der Waals surface area contributed by atoms with Crippen LogP contribution in [0.5, 0.6) is 0 Å². The lowest BCUT2D eigenvalue weighted by Crippen LogP contribution is -2.30. The minimum absolute atomic E-state index is 0.175. The highest BCUT2D eigenvalue weighted by Crippen LogP contribution is 2.35. The minimum Gasteiger partial charge on any atom is -0.397 e. The summed E-state index contributed by atoms with van der Waals surface area (Å²) in [5.41, 5.74) is 10.0. The summed E-state index contributed by atoms with van der Waals surface area (Å²) >= 11 is 6.28. The zero-order valence-corrected chi connectivity index (χ0v) is 14.6. The van der Waals surface area contributed by atoms with Gasteiger partial charge in [0.1, 0.15) is 0 Å². The van der Waals surface area contributed by atoms with Gasteiger partial charge in [0.15, 0.2) is 0 Å². The van der Waals surface area contributed by atoms with Crippen LogP contribution < -0.4 is 16.0 Å². The number of rotatable bonds is 3. The van der Waals surface area contributed by atoms with Crippen molar-refractivity contribution >= 4 is 34.6 Å².